The van der Waals surface area contributed by atoms with Crippen molar-refractivity contribution in [1.29, 1.82) is 0 Å². The first-order valence-electron chi connectivity index (χ1n) is 18.8. The molecule has 0 bridgehead atoms. The number of pyridine rings is 1. The Hall–Kier alpha value is -4.34. The molecule has 0 spiro atoms. The Morgan fingerprint density at radius 2 is 1.75 bits per heavy atom. The number of aromatic nitrogens is 1. The summed E-state index contributed by atoms with van der Waals surface area (Å²) in [5.74, 6) is 0.349. The molecule has 3 aliphatic carbocycles. The number of nitrogens with one attached hydrogen (secondary N) is 2. The third-order valence-corrected chi connectivity index (χ3v) is 11.5. The maximum Gasteiger partial charge on any atom is 0.408 e. The zero-order valence-electron chi connectivity index (χ0n) is 32.2. The Bertz CT molecular complexity index is 1800. The number of nitrogens with zero attached hydrogens (tertiary/aromatic N) is 2. The number of hydrogen-bond donors (Lipinski definition) is 2. The molecule has 2 heterocycles. The van der Waals surface area contributed by atoms with Gasteiger partial charge in [-0.05, 0) is 75.0 Å². The summed E-state index contributed by atoms with van der Waals surface area (Å²) in [6, 6.07) is 2.78. The Morgan fingerprint density at radius 1 is 1.02 bits per heavy atom. The molecule has 3 amide bonds. The van der Waals surface area contributed by atoms with Crippen molar-refractivity contribution in [3.05, 3.63) is 35.4 Å². The molecule has 6 rings (SSSR count). The fraction of sp³-hybridized carbons (Fsp3) is 0.615. The molecule has 300 valence electrons. The van der Waals surface area contributed by atoms with Crippen molar-refractivity contribution in [1.82, 2.24) is 20.5 Å². The minimum atomic E-state index is -1.19. The number of benzene rings is 1. The smallest absolute Gasteiger partial charge is 0.408 e. The van der Waals surface area contributed by atoms with Crippen molar-refractivity contribution in [2.24, 2.45) is 17.8 Å². The average molecular weight is 787 g/mol. The molecule has 15 nitrogen and oxygen atoms in total. The van der Waals surface area contributed by atoms with Crippen LogP contribution in [0, 0.1) is 17.8 Å². The molecule has 1 unspecified atom stereocenters. The zero-order valence-corrected chi connectivity index (χ0v) is 32.9. The highest BCUT2D eigenvalue weighted by molar-refractivity contribution is 6.36. The number of hydrogen-bond acceptors (Lipinski definition) is 12. The first-order chi connectivity index (χ1) is 26.4. The van der Waals surface area contributed by atoms with Crippen molar-refractivity contribution in [3.8, 4) is 17.4 Å². The highest BCUT2D eigenvalue weighted by atomic mass is 35.5. The molecule has 2 N–H and O–H groups in total. The number of carbonyl (C=O) groups excluding carboxylic acids is 4. The highest BCUT2D eigenvalue weighted by Gasteiger charge is 2.62. The van der Waals surface area contributed by atoms with Gasteiger partial charge in [0.05, 0.1) is 20.3 Å². The van der Waals surface area contributed by atoms with Crippen LogP contribution >= 0.6 is 11.6 Å². The molecular weight excluding hydrogens is 736 g/mol. The van der Waals surface area contributed by atoms with E-state index in [1.54, 1.807) is 25.1 Å². The average Bonchev–Trinajstić information content (AvgIpc) is 3.97. The Kier molecular flexibility index (Phi) is 12.3. The lowest BCUT2D eigenvalue weighted by molar-refractivity contribution is -0.148. The SMILES string of the molecule is C=C(C)[C@H](NC(=O)OC1C[C@@H]2C[C@@H]2C1)C(=O)N1C[C@H](Oc2cc(OCC)nc3c(Cl)c(OCC(OC)OC)ccc23)C[C@H]1C(=O)N[C@]1(C(=O)OC)C[C@H]1CC. The molecular formula is C39H51ClN4O11. The Balaban J connectivity index is 1.27. The van der Waals surface area contributed by atoms with Crippen LogP contribution < -0.4 is 24.8 Å². The van der Waals surface area contributed by atoms with E-state index in [0.717, 1.165) is 12.8 Å². The Labute approximate surface area is 325 Å². The number of amides is 3. The lowest BCUT2D eigenvalue weighted by atomic mass is 10.1. The third kappa shape index (κ3) is 8.58. The van der Waals surface area contributed by atoms with Crippen LogP contribution in [0.2, 0.25) is 5.02 Å². The fourth-order valence-corrected chi connectivity index (χ4v) is 8.21. The maximum absolute atomic E-state index is 14.4. The standard InChI is InChI=1S/C39H51ClN4O11/c1-8-23-17-39(23,37(47)51-7)43-35(45)27-15-25(18-44(27)36(46)33(20(3)4)42-38(48)55-24-13-21-12-22(21)14-24)54-29-16-30(52-9-2)41-34-26(29)10-11-28(32(34)40)53-19-31(49-5)50-6/h10-11,16,21-25,27,31,33H,3,8-9,12-15,17-19H2,1-2,4-7H3,(H,42,48)(H,43,45)/t21-,22+,23-,24?,25-,27+,33+,39-/m1/s1. The molecule has 1 aromatic carbocycles. The molecule has 4 aliphatic rings. The molecule has 4 fully saturated rings. The van der Waals surface area contributed by atoms with E-state index in [9.17, 15) is 19.2 Å². The van der Waals surface area contributed by atoms with Crippen LogP contribution in [0.1, 0.15) is 59.3 Å². The van der Waals surface area contributed by atoms with E-state index in [1.807, 2.05) is 13.8 Å². The van der Waals surface area contributed by atoms with Crippen LogP contribution in [0.3, 0.4) is 0 Å². The second-order valence-corrected chi connectivity index (χ2v) is 15.2. The van der Waals surface area contributed by atoms with Crippen LogP contribution in [0.5, 0.6) is 17.4 Å². The van der Waals surface area contributed by atoms with Gasteiger partial charge in [-0.3, -0.25) is 9.59 Å². The van der Waals surface area contributed by atoms with Crippen molar-refractivity contribution in [3.63, 3.8) is 0 Å². The summed E-state index contributed by atoms with van der Waals surface area (Å²) in [4.78, 5) is 60.5. The molecule has 3 saturated carbocycles. The van der Waals surface area contributed by atoms with Gasteiger partial charge in [-0.25, -0.2) is 14.6 Å². The molecule has 1 aromatic heterocycles. The van der Waals surface area contributed by atoms with Crippen LogP contribution in [0.4, 0.5) is 4.79 Å². The minimum absolute atomic E-state index is 0.0377. The lowest BCUT2D eigenvalue weighted by Crippen LogP contribution is -2.56. The van der Waals surface area contributed by atoms with E-state index in [2.05, 4.69) is 22.2 Å². The fourth-order valence-electron chi connectivity index (χ4n) is 7.94. The summed E-state index contributed by atoms with van der Waals surface area (Å²) in [5.41, 5.74) is -0.492. The molecule has 0 radical (unpaired) electrons. The van der Waals surface area contributed by atoms with Crippen LogP contribution in [-0.4, -0.2) is 111 Å². The van der Waals surface area contributed by atoms with Crippen LogP contribution in [0.25, 0.3) is 10.9 Å². The number of rotatable bonds is 17. The largest absolute Gasteiger partial charge is 0.488 e. The number of carbonyl (C=O) groups is 4. The third-order valence-electron chi connectivity index (χ3n) is 11.1. The molecule has 8 atom stereocenters. The number of fused-ring (bicyclic) bond motifs is 2. The predicted molar refractivity (Wildman–Crippen MR) is 200 cm³/mol. The highest BCUT2D eigenvalue weighted by Crippen LogP contribution is 2.52. The number of alkyl carbamates (subject to hydrolysis) is 1. The van der Waals surface area contributed by atoms with Gasteiger partial charge in [-0.15, -0.1) is 0 Å². The summed E-state index contributed by atoms with van der Waals surface area (Å²) < 4.78 is 39.4. The summed E-state index contributed by atoms with van der Waals surface area (Å²) in [7, 11) is 4.27. The van der Waals surface area contributed by atoms with Gasteiger partial charge in [0.25, 0.3) is 0 Å². The normalized spacial score (nSPS) is 26.9. The van der Waals surface area contributed by atoms with E-state index >= 15 is 0 Å². The van der Waals surface area contributed by atoms with Gasteiger partial charge in [-0.1, -0.05) is 31.5 Å². The topological polar surface area (TPSA) is 173 Å². The lowest BCUT2D eigenvalue weighted by Gasteiger charge is -2.30. The molecule has 2 aromatic rings. The summed E-state index contributed by atoms with van der Waals surface area (Å²) in [6.45, 7) is 9.68. The second kappa shape index (κ2) is 16.8. The number of methoxy groups -OCH3 is 3. The van der Waals surface area contributed by atoms with E-state index in [4.69, 9.17) is 44.8 Å². The van der Waals surface area contributed by atoms with Gasteiger partial charge in [0.1, 0.15) is 58.5 Å². The number of ether oxygens (including phenoxy) is 7. The van der Waals surface area contributed by atoms with E-state index in [1.165, 1.54) is 32.7 Å². The number of esters is 1. The summed E-state index contributed by atoms with van der Waals surface area (Å²) >= 11 is 6.82. The van der Waals surface area contributed by atoms with Crippen LogP contribution in [-0.2, 0) is 33.3 Å². The predicted octanol–water partition coefficient (Wildman–Crippen LogP) is 4.56. The van der Waals surface area contributed by atoms with Crippen molar-refractivity contribution < 1.29 is 52.3 Å². The number of halogens is 1. The van der Waals surface area contributed by atoms with E-state index in [-0.39, 0.29) is 42.5 Å². The first-order valence-corrected chi connectivity index (χ1v) is 19.2. The molecule has 1 aliphatic heterocycles. The van der Waals surface area contributed by atoms with Crippen molar-refractivity contribution in [2.75, 3.05) is 41.1 Å². The van der Waals surface area contributed by atoms with Crippen molar-refractivity contribution >= 4 is 46.4 Å². The first kappa shape index (κ1) is 40.3. The van der Waals surface area contributed by atoms with Gasteiger partial charge in [0.15, 0.2) is 6.29 Å². The summed E-state index contributed by atoms with van der Waals surface area (Å²) in [6.07, 6.45) is 1.65. The van der Waals surface area contributed by atoms with E-state index < -0.39 is 53.9 Å². The second-order valence-electron chi connectivity index (χ2n) is 14.8. The molecule has 1 saturated heterocycles. The maximum atomic E-state index is 14.4. The number of likely N-dealkylation sites (tertiary alicyclic amines) is 1. The quantitative estimate of drug-likeness (QED) is 0.130. The van der Waals surface area contributed by atoms with Gasteiger partial charge in [0, 0.05) is 32.1 Å². The molecule has 55 heavy (non-hydrogen) atoms. The minimum Gasteiger partial charge on any atom is -0.488 e. The van der Waals surface area contributed by atoms with E-state index in [0.29, 0.717) is 59.3 Å². The zero-order chi connectivity index (χ0) is 39.6. The summed E-state index contributed by atoms with van der Waals surface area (Å²) in [5, 5.41) is 6.35. The van der Waals surface area contributed by atoms with Gasteiger partial charge in [0.2, 0.25) is 17.7 Å². The van der Waals surface area contributed by atoms with Gasteiger partial charge >= 0.3 is 12.1 Å². The monoisotopic (exact) mass is 786 g/mol. The molecule has 16 heteroatoms. The van der Waals surface area contributed by atoms with Gasteiger partial charge < -0.3 is 48.7 Å². The van der Waals surface area contributed by atoms with Crippen LogP contribution in [0.15, 0.2) is 30.4 Å². The van der Waals surface area contributed by atoms with Crippen molar-refractivity contribution in [2.45, 2.75) is 95.4 Å². The van der Waals surface area contributed by atoms with Gasteiger partial charge in [-0.2, -0.15) is 0 Å². The Morgan fingerprint density at radius 3 is 2.36 bits per heavy atom.